The zero-order valence-electron chi connectivity index (χ0n) is 12.4. The van der Waals surface area contributed by atoms with E-state index in [1.807, 2.05) is 6.92 Å². The Morgan fingerprint density at radius 3 is 2.58 bits per heavy atom. The Balaban J connectivity index is 1.82. The number of carbonyl (C=O) groups excluding carboxylic acids is 1. The lowest BCUT2D eigenvalue weighted by molar-refractivity contribution is -0.112. The number of sulfonamides is 1. The predicted octanol–water partition coefficient (Wildman–Crippen LogP) is 1.60. The molecule has 24 heavy (non-hydrogen) atoms. The first-order valence-electron chi connectivity index (χ1n) is 6.79. The Bertz CT molecular complexity index is 987. The van der Waals surface area contributed by atoms with Gasteiger partial charge in [-0.2, -0.15) is 0 Å². The van der Waals surface area contributed by atoms with E-state index >= 15 is 0 Å². The number of fused-ring (bicyclic) bond motifs is 1. The zero-order valence-corrected chi connectivity index (χ0v) is 14.8. The average Bonchev–Trinajstić information content (AvgIpc) is 2.85. The lowest BCUT2D eigenvalue weighted by Crippen LogP contribution is -2.22. The Morgan fingerprint density at radius 2 is 1.96 bits per heavy atom. The number of nitrogens with two attached hydrogens (primary N) is 1. The normalized spacial score (nSPS) is 17.1. The number of carbonyl (C=O) groups is 1. The van der Waals surface area contributed by atoms with Crippen molar-refractivity contribution in [2.75, 3.05) is 5.32 Å². The summed E-state index contributed by atoms with van der Waals surface area (Å²) in [5, 5.41) is 8.41. The zero-order chi connectivity index (χ0) is 17.5. The molecule has 0 bridgehead atoms. The predicted molar refractivity (Wildman–Crippen MR) is 94.7 cm³/mol. The highest BCUT2D eigenvalue weighted by atomic mass is 32.2. The van der Waals surface area contributed by atoms with Gasteiger partial charge in [-0.05, 0) is 37.3 Å². The highest BCUT2D eigenvalue weighted by molar-refractivity contribution is 8.00. The fourth-order valence-electron chi connectivity index (χ4n) is 2.19. The van der Waals surface area contributed by atoms with Crippen LogP contribution in [0.25, 0.3) is 6.08 Å². The number of anilines is 1. The van der Waals surface area contributed by atoms with Gasteiger partial charge in [0.05, 0.1) is 14.8 Å². The van der Waals surface area contributed by atoms with Gasteiger partial charge in [-0.1, -0.05) is 23.1 Å². The summed E-state index contributed by atoms with van der Waals surface area (Å²) in [5.41, 5.74) is 0.997. The minimum absolute atomic E-state index is 0.0250. The quantitative estimate of drug-likeness (QED) is 0.743. The molecule has 0 saturated heterocycles. The number of thiazole rings is 1. The summed E-state index contributed by atoms with van der Waals surface area (Å²) in [6.45, 7) is 1.87. The minimum Gasteiger partial charge on any atom is -0.322 e. The van der Waals surface area contributed by atoms with Crippen LogP contribution >= 0.6 is 23.1 Å². The van der Waals surface area contributed by atoms with Crippen LogP contribution in [-0.4, -0.2) is 24.6 Å². The van der Waals surface area contributed by atoms with E-state index in [4.69, 9.17) is 5.14 Å². The second-order valence-electron chi connectivity index (χ2n) is 5.09. The van der Waals surface area contributed by atoms with Crippen LogP contribution < -0.4 is 15.3 Å². The van der Waals surface area contributed by atoms with E-state index in [1.54, 1.807) is 6.08 Å². The van der Waals surface area contributed by atoms with E-state index in [0.717, 1.165) is 21.2 Å². The summed E-state index contributed by atoms with van der Waals surface area (Å²) in [6.07, 6.45) is 1.70. The molecule has 0 saturated carbocycles. The Labute approximate surface area is 146 Å². The van der Waals surface area contributed by atoms with Crippen molar-refractivity contribution in [2.24, 2.45) is 5.14 Å². The van der Waals surface area contributed by atoms with Crippen LogP contribution in [0.1, 0.15) is 11.8 Å². The molecule has 10 heteroatoms. The molecule has 0 radical (unpaired) electrons. The van der Waals surface area contributed by atoms with Gasteiger partial charge in [0.15, 0.2) is 0 Å². The fourth-order valence-corrected chi connectivity index (χ4v) is 4.70. The maximum Gasteiger partial charge on any atom is 0.305 e. The molecule has 0 fully saturated rings. The van der Waals surface area contributed by atoms with Crippen LogP contribution in [-0.2, 0) is 14.8 Å². The topological polar surface area (TPSA) is 122 Å². The molecule has 1 aliphatic heterocycles. The van der Waals surface area contributed by atoms with Crippen LogP contribution in [0.5, 0.6) is 0 Å². The van der Waals surface area contributed by atoms with Crippen molar-refractivity contribution in [1.82, 2.24) is 4.98 Å². The Morgan fingerprint density at radius 1 is 1.29 bits per heavy atom. The van der Waals surface area contributed by atoms with Crippen LogP contribution in [0.4, 0.5) is 5.69 Å². The van der Waals surface area contributed by atoms with Crippen molar-refractivity contribution in [1.29, 1.82) is 0 Å². The third kappa shape index (κ3) is 3.46. The molecule has 0 aliphatic carbocycles. The molecule has 1 aromatic heterocycles. The van der Waals surface area contributed by atoms with Crippen molar-refractivity contribution in [3.05, 3.63) is 44.4 Å². The van der Waals surface area contributed by atoms with Gasteiger partial charge >= 0.3 is 4.87 Å². The summed E-state index contributed by atoms with van der Waals surface area (Å²) in [4.78, 5) is 27.2. The minimum atomic E-state index is -3.77. The van der Waals surface area contributed by atoms with Crippen molar-refractivity contribution in [2.45, 2.75) is 22.1 Å². The van der Waals surface area contributed by atoms with Gasteiger partial charge in [0, 0.05) is 16.5 Å². The highest BCUT2D eigenvalue weighted by Crippen LogP contribution is 2.37. The molecular formula is C14H13N3O4S3. The number of hydrogen-bond acceptors (Lipinski definition) is 6. The summed E-state index contributed by atoms with van der Waals surface area (Å²) in [7, 11) is -3.77. The van der Waals surface area contributed by atoms with Crippen molar-refractivity contribution in [3.8, 4) is 0 Å². The average molecular weight is 383 g/mol. The van der Waals surface area contributed by atoms with E-state index in [1.165, 1.54) is 36.0 Å². The molecule has 1 aromatic carbocycles. The maximum absolute atomic E-state index is 12.5. The van der Waals surface area contributed by atoms with Crippen LogP contribution in [0.3, 0.4) is 0 Å². The number of rotatable bonds is 3. The lowest BCUT2D eigenvalue weighted by atomic mass is 10.1. The molecule has 1 aliphatic rings. The standard InChI is InChI=1S/C14H13N3O4S3/c1-7-10(6-11-13(22-7)17-14(19)23-11)12(18)16-8-2-4-9(5-3-8)24(15,20)21/h2-7H,1H3,(H,16,18)(H,17,19)(H2,15,20,21). The van der Waals surface area contributed by atoms with Gasteiger partial charge in [-0.3, -0.25) is 9.59 Å². The molecule has 4 N–H and O–H groups in total. The largest absolute Gasteiger partial charge is 0.322 e. The molecule has 2 aromatic rings. The van der Waals surface area contributed by atoms with Gasteiger partial charge in [0.2, 0.25) is 10.0 Å². The van der Waals surface area contributed by atoms with Crippen LogP contribution in [0.2, 0.25) is 0 Å². The summed E-state index contributed by atoms with van der Waals surface area (Å²) in [6, 6.07) is 5.60. The van der Waals surface area contributed by atoms with Gasteiger partial charge in [0.1, 0.15) is 0 Å². The number of H-pyrrole nitrogens is 1. The third-order valence-electron chi connectivity index (χ3n) is 3.36. The van der Waals surface area contributed by atoms with Gasteiger partial charge in [0.25, 0.3) is 5.91 Å². The smallest absolute Gasteiger partial charge is 0.305 e. The third-order valence-corrected chi connectivity index (χ3v) is 6.42. The second-order valence-corrected chi connectivity index (χ2v) is 9.02. The molecule has 3 rings (SSSR count). The molecule has 126 valence electrons. The van der Waals surface area contributed by atoms with Gasteiger partial charge < -0.3 is 10.3 Å². The van der Waals surface area contributed by atoms with E-state index in [9.17, 15) is 18.0 Å². The second kappa shape index (κ2) is 6.20. The van der Waals surface area contributed by atoms with Crippen LogP contribution in [0, 0.1) is 0 Å². The first-order valence-corrected chi connectivity index (χ1v) is 10.0. The maximum atomic E-state index is 12.5. The van der Waals surface area contributed by atoms with Gasteiger partial charge in [-0.15, -0.1) is 0 Å². The first-order chi connectivity index (χ1) is 11.2. The van der Waals surface area contributed by atoms with Crippen LogP contribution in [0.15, 0.2) is 44.6 Å². The SMILES string of the molecule is CC1Sc2[nH]c(=O)sc2C=C1C(=O)Nc1ccc(S(N)(=O)=O)cc1. The van der Waals surface area contributed by atoms with E-state index in [0.29, 0.717) is 11.3 Å². The number of hydrogen-bond donors (Lipinski definition) is 3. The number of benzene rings is 1. The van der Waals surface area contributed by atoms with Crippen molar-refractivity contribution >= 4 is 50.8 Å². The first kappa shape index (κ1) is 17.0. The molecule has 1 amide bonds. The number of aromatic nitrogens is 1. The number of thioether (sulfide) groups is 1. The van der Waals surface area contributed by atoms with Crippen molar-refractivity contribution < 1.29 is 13.2 Å². The Hall–Kier alpha value is -1.88. The lowest BCUT2D eigenvalue weighted by Gasteiger charge is -2.19. The summed E-state index contributed by atoms with van der Waals surface area (Å²) < 4.78 is 22.5. The molecule has 1 unspecified atom stereocenters. The number of aromatic amines is 1. The molecule has 0 spiro atoms. The summed E-state index contributed by atoms with van der Waals surface area (Å²) in [5.74, 6) is -0.301. The molecule has 2 heterocycles. The van der Waals surface area contributed by atoms with E-state index in [2.05, 4.69) is 10.3 Å². The van der Waals surface area contributed by atoms with E-state index in [-0.39, 0.29) is 20.9 Å². The number of nitrogens with one attached hydrogen (secondary N) is 2. The summed E-state index contributed by atoms with van der Waals surface area (Å²) >= 11 is 2.47. The molecule has 7 nitrogen and oxygen atoms in total. The monoisotopic (exact) mass is 383 g/mol. The van der Waals surface area contributed by atoms with Crippen molar-refractivity contribution in [3.63, 3.8) is 0 Å². The highest BCUT2D eigenvalue weighted by Gasteiger charge is 2.25. The molecule has 1 atom stereocenters. The van der Waals surface area contributed by atoms with E-state index < -0.39 is 10.0 Å². The fraction of sp³-hybridized carbons (Fsp3) is 0.143. The van der Waals surface area contributed by atoms with Gasteiger partial charge in [-0.25, -0.2) is 13.6 Å². The number of primary sulfonamides is 1. The Kier molecular flexibility index (Phi) is 4.38. The number of amides is 1. The molecular weight excluding hydrogens is 370 g/mol.